The normalized spacial score (nSPS) is 21.5. The van der Waals surface area contributed by atoms with Crippen molar-refractivity contribution in [2.75, 3.05) is 45.1 Å². The highest BCUT2D eigenvalue weighted by molar-refractivity contribution is 9.10. The number of halogens is 4. The lowest BCUT2D eigenvalue weighted by Gasteiger charge is -2.34. The molecule has 1 aliphatic heterocycles. The average molecular weight is 477 g/mol. The molecule has 1 saturated heterocycles. The Hall–Kier alpha value is -1.85. The third kappa shape index (κ3) is 5.83. The van der Waals surface area contributed by atoms with E-state index in [4.69, 9.17) is 0 Å². The van der Waals surface area contributed by atoms with Crippen LogP contribution in [0.3, 0.4) is 0 Å². The maximum absolute atomic E-state index is 13.6. The zero-order chi connectivity index (χ0) is 21.2. The number of nitrogens with one attached hydrogen (secondary N) is 2. The number of rotatable bonds is 4. The SMILES string of the molecule is CN1CCN(CC2=CCC(NC(=O)Nc3cc(Br)n(C)n3)C=C2C(F)(F)F)CC1. The average Bonchev–Trinajstić information content (AvgIpc) is 2.94. The Labute approximate surface area is 175 Å². The van der Waals surface area contributed by atoms with Crippen LogP contribution < -0.4 is 10.6 Å². The number of carbonyl (C=O) groups is 1. The standard InChI is InChI=1S/C18H24BrF3N6O/c1-26-5-7-28(8-6-26)11-12-3-4-13(9-14(12)18(20,21)22)23-17(29)24-16-10-15(19)27(2)25-16/h3,9-10,13H,4-8,11H2,1-2H3,(H2,23,24,25,29). The summed E-state index contributed by atoms with van der Waals surface area (Å²) in [6, 6.07) is 0.259. The van der Waals surface area contributed by atoms with Gasteiger partial charge in [-0.1, -0.05) is 6.08 Å². The van der Waals surface area contributed by atoms with E-state index in [1.807, 2.05) is 11.9 Å². The second-order valence-corrected chi connectivity index (χ2v) is 8.12. The van der Waals surface area contributed by atoms with E-state index in [1.54, 1.807) is 19.2 Å². The van der Waals surface area contributed by atoms with Crippen LogP contribution in [0.2, 0.25) is 0 Å². The van der Waals surface area contributed by atoms with Crippen molar-refractivity contribution in [1.82, 2.24) is 24.9 Å². The van der Waals surface area contributed by atoms with Crippen LogP contribution in [0.25, 0.3) is 0 Å². The molecule has 1 fully saturated rings. The van der Waals surface area contributed by atoms with E-state index in [0.29, 0.717) is 16.8 Å². The number of anilines is 1. The van der Waals surface area contributed by atoms with Gasteiger partial charge in [0.15, 0.2) is 5.82 Å². The molecular formula is C18H24BrF3N6O. The number of piperazine rings is 1. The molecule has 1 atom stereocenters. The number of hydrogen-bond donors (Lipinski definition) is 2. The molecule has 1 aromatic rings. The minimum Gasteiger partial charge on any atom is -0.331 e. The second kappa shape index (κ2) is 8.88. The molecule has 160 valence electrons. The van der Waals surface area contributed by atoms with Gasteiger partial charge in [0.2, 0.25) is 0 Å². The topological polar surface area (TPSA) is 65.4 Å². The fourth-order valence-corrected chi connectivity index (χ4v) is 3.65. The van der Waals surface area contributed by atoms with Gasteiger partial charge in [0.25, 0.3) is 0 Å². The first-order chi connectivity index (χ1) is 13.6. The lowest BCUT2D eigenvalue weighted by atomic mass is 9.93. The zero-order valence-electron chi connectivity index (χ0n) is 16.3. The summed E-state index contributed by atoms with van der Waals surface area (Å²) in [5.74, 6) is 0.305. The summed E-state index contributed by atoms with van der Waals surface area (Å²) < 4.78 is 43.1. The van der Waals surface area contributed by atoms with Crippen LogP contribution in [0.1, 0.15) is 6.42 Å². The molecule has 2 amide bonds. The molecule has 0 saturated carbocycles. The number of amides is 2. The number of urea groups is 1. The van der Waals surface area contributed by atoms with Crippen molar-refractivity contribution < 1.29 is 18.0 Å². The van der Waals surface area contributed by atoms with Gasteiger partial charge in [-0.15, -0.1) is 0 Å². The molecule has 3 rings (SSSR count). The fourth-order valence-electron chi connectivity index (χ4n) is 3.36. The van der Waals surface area contributed by atoms with Crippen LogP contribution in [0.4, 0.5) is 23.8 Å². The van der Waals surface area contributed by atoms with Crippen molar-refractivity contribution in [3.05, 3.63) is 34.0 Å². The minimum absolute atomic E-state index is 0.264. The predicted octanol–water partition coefficient (Wildman–Crippen LogP) is 2.74. The summed E-state index contributed by atoms with van der Waals surface area (Å²) >= 11 is 3.26. The third-order valence-electron chi connectivity index (χ3n) is 5.01. The molecule has 1 unspecified atom stereocenters. The van der Waals surface area contributed by atoms with Crippen molar-refractivity contribution in [2.45, 2.75) is 18.6 Å². The van der Waals surface area contributed by atoms with Crippen LogP contribution in [0, 0.1) is 0 Å². The lowest BCUT2D eigenvalue weighted by molar-refractivity contribution is -0.0904. The molecular weight excluding hydrogens is 453 g/mol. The third-order valence-corrected chi connectivity index (χ3v) is 5.75. The summed E-state index contributed by atoms with van der Waals surface area (Å²) in [4.78, 5) is 16.3. The Kier molecular flexibility index (Phi) is 6.69. The van der Waals surface area contributed by atoms with Crippen molar-refractivity contribution in [3.63, 3.8) is 0 Å². The van der Waals surface area contributed by atoms with Crippen LogP contribution in [0.5, 0.6) is 0 Å². The molecule has 0 spiro atoms. The molecule has 0 bridgehead atoms. The molecule has 2 N–H and O–H groups in total. The van der Waals surface area contributed by atoms with Gasteiger partial charge >= 0.3 is 12.2 Å². The summed E-state index contributed by atoms with van der Waals surface area (Å²) in [6.45, 7) is 3.42. The molecule has 11 heteroatoms. The van der Waals surface area contributed by atoms with Gasteiger partial charge in [-0.3, -0.25) is 14.9 Å². The van der Waals surface area contributed by atoms with Crippen LogP contribution >= 0.6 is 15.9 Å². The highest BCUT2D eigenvalue weighted by Crippen LogP contribution is 2.35. The Bertz CT molecular complexity index is 792. The van der Waals surface area contributed by atoms with Crippen LogP contribution in [-0.4, -0.2) is 77.6 Å². The van der Waals surface area contributed by atoms with E-state index in [0.717, 1.165) is 32.3 Å². The molecule has 7 nitrogen and oxygen atoms in total. The maximum Gasteiger partial charge on any atom is 0.416 e. The second-order valence-electron chi connectivity index (χ2n) is 7.30. The first-order valence-electron chi connectivity index (χ1n) is 9.28. The Balaban J connectivity index is 1.63. The zero-order valence-corrected chi connectivity index (χ0v) is 17.8. The molecule has 29 heavy (non-hydrogen) atoms. The number of likely N-dealkylation sites (N-methyl/N-ethyl adjacent to an activating group) is 1. The Morgan fingerprint density at radius 3 is 2.55 bits per heavy atom. The van der Waals surface area contributed by atoms with Crippen LogP contribution in [-0.2, 0) is 7.05 Å². The largest absolute Gasteiger partial charge is 0.416 e. The molecule has 1 aromatic heterocycles. The first kappa shape index (κ1) is 21.8. The number of carbonyl (C=O) groups excluding carboxylic acids is 1. The van der Waals surface area contributed by atoms with Gasteiger partial charge in [-0.25, -0.2) is 4.79 Å². The van der Waals surface area contributed by atoms with E-state index < -0.39 is 23.8 Å². The van der Waals surface area contributed by atoms with E-state index in [1.165, 1.54) is 4.68 Å². The quantitative estimate of drug-likeness (QED) is 0.701. The predicted molar refractivity (Wildman–Crippen MR) is 108 cm³/mol. The van der Waals surface area contributed by atoms with E-state index >= 15 is 0 Å². The molecule has 1 aliphatic carbocycles. The summed E-state index contributed by atoms with van der Waals surface area (Å²) in [6.07, 6.45) is -1.47. The van der Waals surface area contributed by atoms with Crippen molar-refractivity contribution in [1.29, 1.82) is 0 Å². The van der Waals surface area contributed by atoms with Gasteiger partial charge in [0.05, 0.1) is 11.6 Å². The van der Waals surface area contributed by atoms with Gasteiger partial charge in [-0.05, 0) is 41.0 Å². The molecule has 2 heterocycles. The number of alkyl halides is 3. The highest BCUT2D eigenvalue weighted by atomic mass is 79.9. The summed E-state index contributed by atoms with van der Waals surface area (Å²) in [5, 5.41) is 9.16. The van der Waals surface area contributed by atoms with Crippen LogP contribution in [0.15, 0.2) is 34.0 Å². The number of hydrogen-bond acceptors (Lipinski definition) is 4. The Morgan fingerprint density at radius 2 is 1.97 bits per heavy atom. The summed E-state index contributed by atoms with van der Waals surface area (Å²) in [5.41, 5.74) is -0.400. The smallest absolute Gasteiger partial charge is 0.331 e. The van der Waals surface area contributed by atoms with Crippen molar-refractivity contribution in [3.8, 4) is 0 Å². The number of aromatic nitrogens is 2. The van der Waals surface area contributed by atoms with Gasteiger partial charge in [0, 0.05) is 45.8 Å². The lowest BCUT2D eigenvalue weighted by Crippen LogP contribution is -2.46. The van der Waals surface area contributed by atoms with Crippen molar-refractivity contribution in [2.24, 2.45) is 7.05 Å². The highest BCUT2D eigenvalue weighted by Gasteiger charge is 2.38. The minimum atomic E-state index is -4.47. The maximum atomic E-state index is 13.6. The molecule has 2 aliphatic rings. The van der Waals surface area contributed by atoms with E-state index in [-0.39, 0.29) is 12.1 Å². The number of nitrogens with zero attached hydrogens (tertiary/aromatic N) is 4. The Morgan fingerprint density at radius 1 is 1.28 bits per heavy atom. The fraction of sp³-hybridized carbons (Fsp3) is 0.556. The molecule has 0 aromatic carbocycles. The van der Waals surface area contributed by atoms with E-state index in [2.05, 4.69) is 36.6 Å². The summed E-state index contributed by atoms with van der Waals surface area (Å²) in [7, 11) is 3.70. The van der Waals surface area contributed by atoms with Crippen molar-refractivity contribution >= 4 is 27.8 Å². The van der Waals surface area contributed by atoms with Gasteiger partial charge in [0.1, 0.15) is 4.60 Å². The van der Waals surface area contributed by atoms with Gasteiger partial charge in [-0.2, -0.15) is 18.3 Å². The van der Waals surface area contributed by atoms with Gasteiger partial charge < -0.3 is 10.2 Å². The number of aryl methyl sites for hydroxylation is 1. The first-order valence-corrected chi connectivity index (χ1v) is 10.1. The van der Waals surface area contributed by atoms with E-state index in [9.17, 15) is 18.0 Å². The monoisotopic (exact) mass is 476 g/mol. The molecule has 0 radical (unpaired) electrons.